The summed E-state index contributed by atoms with van der Waals surface area (Å²) >= 11 is 0. The fraction of sp³-hybridized carbons (Fsp3) is 0.200. The van der Waals surface area contributed by atoms with Gasteiger partial charge in [0.1, 0.15) is 5.82 Å². The molecule has 0 radical (unpaired) electrons. The van der Waals surface area contributed by atoms with Crippen molar-refractivity contribution in [1.82, 2.24) is 19.3 Å². The average molecular weight is 784 g/mol. The van der Waals surface area contributed by atoms with Crippen LogP contribution in [0.15, 0.2) is 97.5 Å². The predicted octanol–water partition coefficient (Wildman–Crippen LogP) is 9.81. The Morgan fingerprint density at radius 2 is 1.59 bits per heavy atom. The summed E-state index contributed by atoms with van der Waals surface area (Å²) in [4.78, 5) is 4.69. The molecule has 0 unspecified atom stereocenters. The van der Waals surface area contributed by atoms with E-state index >= 15 is 0 Å². The molecule has 0 saturated heterocycles. The van der Waals surface area contributed by atoms with Crippen LogP contribution in [0.3, 0.4) is 0 Å². The molecule has 0 amide bonds. The van der Waals surface area contributed by atoms with E-state index in [9.17, 15) is 0 Å². The topological polar surface area (TPSA) is 44.9 Å². The number of pyridine rings is 1. The van der Waals surface area contributed by atoms with E-state index in [2.05, 4.69) is 104 Å². The summed E-state index contributed by atoms with van der Waals surface area (Å²) in [6.45, 7) is 8.79. The Morgan fingerprint density at radius 1 is 0.804 bits per heavy atom. The van der Waals surface area contributed by atoms with Crippen molar-refractivity contribution < 1.29 is 25.8 Å². The minimum atomic E-state index is 0. The fourth-order valence-corrected chi connectivity index (χ4v) is 6.35. The van der Waals surface area contributed by atoms with Crippen LogP contribution in [0.4, 0.5) is 0 Å². The quantitative estimate of drug-likeness (QED) is 0.137. The number of benzene rings is 4. The zero-order valence-corrected chi connectivity index (χ0v) is 28.9. The second kappa shape index (κ2) is 13.5. The van der Waals surface area contributed by atoms with Crippen molar-refractivity contribution in [3.05, 3.63) is 132 Å². The number of hydrogen-bond acceptors (Lipinski definition) is 3. The van der Waals surface area contributed by atoms with Crippen molar-refractivity contribution in [3.8, 4) is 34.1 Å². The molecule has 0 fully saturated rings. The molecule has 6 heteroatoms. The van der Waals surface area contributed by atoms with Gasteiger partial charge >= 0.3 is 21.1 Å². The normalized spacial score (nSPS) is 11.2. The van der Waals surface area contributed by atoms with Crippen LogP contribution in [-0.2, 0) is 40.3 Å². The maximum Gasteiger partial charge on any atom is 2.00 e. The maximum absolute atomic E-state index is 6.37. The summed E-state index contributed by atoms with van der Waals surface area (Å²) in [6, 6.07) is 34.1. The maximum atomic E-state index is 6.37. The van der Waals surface area contributed by atoms with E-state index in [0.717, 1.165) is 70.1 Å². The van der Waals surface area contributed by atoms with Gasteiger partial charge in [-0.2, -0.15) is 17.2 Å². The van der Waals surface area contributed by atoms with Crippen LogP contribution in [0.5, 0.6) is 11.5 Å². The second-order valence-corrected chi connectivity index (χ2v) is 11.6. The number of hydrogen-bond donors (Lipinski definition) is 0. The first-order chi connectivity index (χ1) is 22.1. The predicted molar refractivity (Wildman–Crippen MR) is 183 cm³/mol. The summed E-state index contributed by atoms with van der Waals surface area (Å²) in [5, 5.41) is 7.00. The average Bonchev–Trinajstić information content (AvgIpc) is 3.68. The molecule has 7 aromatic rings. The van der Waals surface area contributed by atoms with Crippen molar-refractivity contribution in [2.45, 2.75) is 53.4 Å². The monoisotopic (exact) mass is 783 g/mol. The Labute approximate surface area is 285 Å². The Bertz CT molecular complexity index is 2130. The zero-order chi connectivity index (χ0) is 30.9. The SMILES string of the molecule is CCCc1cc(CC)c(-c2cnn(-c3[c-]c(Oc4[c-]c5c(cc4)c4ccccc4n5-c4cc(C)ccn4)ccc3)c2)c(CC)c1.[Pt+2]. The number of nitrogens with zero attached hydrogens (tertiary/aromatic N) is 4. The molecule has 0 atom stereocenters. The zero-order valence-electron chi connectivity index (χ0n) is 26.6. The second-order valence-electron chi connectivity index (χ2n) is 11.6. The third-order valence-corrected chi connectivity index (χ3v) is 8.44. The summed E-state index contributed by atoms with van der Waals surface area (Å²) in [5.74, 6) is 2.07. The molecule has 0 aliphatic heterocycles. The minimum Gasteiger partial charge on any atom is -0.509 e. The van der Waals surface area contributed by atoms with Crippen molar-refractivity contribution >= 4 is 21.8 Å². The number of aromatic nitrogens is 4. The molecule has 46 heavy (non-hydrogen) atoms. The van der Waals surface area contributed by atoms with Crippen molar-refractivity contribution in [1.29, 1.82) is 0 Å². The van der Waals surface area contributed by atoms with E-state index in [1.165, 1.54) is 22.3 Å². The summed E-state index contributed by atoms with van der Waals surface area (Å²) in [7, 11) is 0. The summed E-state index contributed by atoms with van der Waals surface area (Å²) in [6.07, 6.45) is 10.1. The molecular formula is C40H36N4OPt. The van der Waals surface area contributed by atoms with Gasteiger partial charge in [-0.1, -0.05) is 63.0 Å². The molecular weight excluding hydrogens is 748 g/mol. The van der Waals surface area contributed by atoms with Crippen LogP contribution in [0.25, 0.3) is 44.4 Å². The molecule has 0 aliphatic carbocycles. The summed E-state index contributed by atoms with van der Waals surface area (Å²) < 4.78 is 10.4. The molecule has 3 aromatic heterocycles. The van der Waals surface area contributed by atoms with Gasteiger partial charge in [0, 0.05) is 35.0 Å². The molecule has 5 nitrogen and oxygen atoms in total. The van der Waals surface area contributed by atoms with Crippen LogP contribution >= 0.6 is 0 Å². The van der Waals surface area contributed by atoms with Gasteiger partial charge in [-0.15, -0.1) is 35.7 Å². The van der Waals surface area contributed by atoms with Crippen LogP contribution in [0.1, 0.15) is 49.4 Å². The van der Waals surface area contributed by atoms with Crippen molar-refractivity contribution in [2.24, 2.45) is 0 Å². The van der Waals surface area contributed by atoms with Crippen LogP contribution in [0.2, 0.25) is 0 Å². The molecule has 0 aliphatic rings. The van der Waals surface area contributed by atoms with E-state index in [1.807, 2.05) is 47.4 Å². The minimum absolute atomic E-state index is 0. The first-order valence-electron chi connectivity index (χ1n) is 15.8. The van der Waals surface area contributed by atoms with E-state index in [1.54, 1.807) is 0 Å². The summed E-state index contributed by atoms with van der Waals surface area (Å²) in [5.41, 5.74) is 10.6. The van der Waals surface area contributed by atoms with E-state index in [-0.39, 0.29) is 21.1 Å². The van der Waals surface area contributed by atoms with Gasteiger partial charge in [-0.05, 0) is 83.3 Å². The van der Waals surface area contributed by atoms with E-state index in [0.29, 0.717) is 11.5 Å². The first-order valence-corrected chi connectivity index (χ1v) is 15.8. The third kappa shape index (κ3) is 5.92. The van der Waals surface area contributed by atoms with Gasteiger partial charge in [0.25, 0.3) is 0 Å². The fourth-order valence-electron chi connectivity index (χ4n) is 6.35. The Balaban J connectivity index is 0.00000372. The molecule has 0 N–H and O–H groups in total. The number of para-hydroxylation sites is 1. The van der Waals surface area contributed by atoms with Gasteiger partial charge in [0.15, 0.2) is 0 Å². The van der Waals surface area contributed by atoms with Crippen LogP contribution < -0.4 is 4.74 Å². The molecule has 0 bridgehead atoms. The van der Waals surface area contributed by atoms with Crippen molar-refractivity contribution in [2.75, 3.05) is 0 Å². The number of ether oxygens (including phenoxy) is 1. The van der Waals surface area contributed by atoms with Gasteiger partial charge in [0.05, 0.1) is 6.20 Å². The molecule has 0 spiro atoms. The standard InChI is InChI=1S/C40H36N4O.Pt/c1-5-11-28-21-29(6-2)40(30(7-3)22-28)31-25-42-43(26-31)32-12-10-13-33(23-32)45-34-16-17-36-35-14-8-9-15-37(35)44(38(36)24-34)39-20-27(4)18-19-41-39;/h8-10,12-22,25-26H,5-7,11H2,1-4H3;/q-2;+2. The van der Waals surface area contributed by atoms with E-state index < -0.39 is 0 Å². The Morgan fingerprint density at radius 3 is 2.35 bits per heavy atom. The number of fused-ring (bicyclic) bond motifs is 3. The van der Waals surface area contributed by atoms with Gasteiger partial charge < -0.3 is 9.30 Å². The molecule has 0 saturated carbocycles. The Kier molecular flexibility index (Phi) is 9.24. The number of rotatable bonds is 9. The molecule has 3 heterocycles. The Hall–Kier alpha value is -4.47. The first kappa shape index (κ1) is 31.5. The van der Waals surface area contributed by atoms with E-state index in [4.69, 9.17) is 9.84 Å². The van der Waals surface area contributed by atoms with Gasteiger partial charge in [0.2, 0.25) is 0 Å². The number of aryl methyl sites for hydroxylation is 4. The van der Waals surface area contributed by atoms with Crippen molar-refractivity contribution in [3.63, 3.8) is 0 Å². The van der Waals surface area contributed by atoms with Gasteiger partial charge in [-0.25, -0.2) is 4.98 Å². The third-order valence-electron chi connectivity index (χ3n) is 8.44. The molecule has 7 rings (SSSR count). The van der Waals surface area contributed by atoms with Crippen LogP contribution in [-0.4, -0.2) is 19.3 Å². The largest absolute Gasteiger partial charge is 2.00 e. The smallest absolute Gasteiger partial charge is 0.509 e. The van der Waals surface area contributed by atoms with Crippen LogP contribution in [0, 0.1) is 19.1 Å². The van der Waals surface area contributed by atoms with Gasteiger partial charge in [-0.3, -0.25) is 4.68 Å². The molecule has 232 valence electrons. The molecule has 4 aromatic carbocycles.